The lowest BCUT2D eigenvalue weighted by Gasteiger charge is -2.39. The predicted molar refractivity (Wildman–Crippen MR) is 121 cm³/mol. The van der Waals surface area contributed by atoms with Gasteiger partial charge in [-0.15, -0.1) is 0 Å². The van der Waals surface area contributed by atoms with E-state index in [-0.39, 0.29) is 18.0 Å². The zero-order valence-corrected chi connectivity index (χ0v) is 18.6. The number of piperidine rings is 1. The van der Waals surface area contributed by atoms with Crippen LogP contribution in [0.2, 0.25) is 0 Å². The van der Waals surface area contributed by atoms with Crippen molar-refractivity contribution >= 4 is 33.6 Å². The number of carbonyl (C=O) groups excluding carboxylic acids is 2. The summed E-state index contributed by atoms with van der Waals surface area (Å²) in [6.07, 6.45) is 1.26. The van der Waals surface area contributed by atoms with Gasteiger partial charge in [-0.1, -0.05) is 18.2 Å². The van der Waals surface area contributed by atoms with Crippen LogP contribution in [0.25, 0.3) is 0 Å². The molecule has 4 rings (SSSR count). The number of rotatable bonds is 4. The van der Waals surface area contributed by atoms with Crippen molar-refractivity contribution in [3.05, 3.63) is 59.7 Å². The number of fused-ring (bicyclic) bond motifs is 2. The van der Waals surface area contributed by atoms with Gasteiger partial charge in [0.05, 0.1) is 17.9 Å². The van der Waals surface area contributed by atoms with Crippen LogP contribution in [-0.2, 0) is 20.4 Å². The molecule has 0 radical (unpaired) electrons. The summed E-state index contributed by atoms with van der Waals surface area (Å²) < 4.78 is 30.4. The smallest absolute Gasteiger partial charge is 0.338 e. The molecule has 1 saturated heterocycles. The third kappa shape index (κ3) is 4.15. The molecule has 0 saturated carbocycles. The van der Waals surface area contributed by atoms with Gasteiger partial charge in [-0.05, 0) is 55.7 Å². The minimum absolute atomic E-state index is 0.238. The Morgan fingerprint density at radius 2 is 1.75 bits per heavy atom. The number of urea groups is 1. The SMILES string of the molecule is CCOC(=O)c1ccc(NC(=O)N2CCC3(CC2)CN(S(N)(=O)=O)c2ccccc23)cc1. The van der Waals surface area contributed by atoms with Gasteiger partial charge in [-0.3, -0.25) is 4.31 Å². The van der Waals surface area contributed by atoms with Crippen molar-refractivity contribution in [2.24, 2.45) is 5.14 Å². The van der Waals surface area contributed by atoms with Crippen LogP contribution in [0.3, 0.4) is 0 Å². The number of hydrogen-bond donors (Lipinski definition) is 2. The maximum Gasteiger partial charge on any atom is 0.338 e. The van der Waals surface area contributed by atoms with Crippen molar-refractivity contribution in [1.29, 1.82) is 0 Å². The first-order valence-electron chi connectivity index (χ1n) is 10.5. The summed E-state index contributed by atoms with van der Waals surface area (Å²) in [5, 5.41) is 8.30. The average molecular weight is 459 g/mol. The lowest BCUT2D eigenvalue weighted by molar-refractivity contribution is 0.0526. The van der Waals surface area contributed by atoms with Crippen molar-refractivity contribution in [1.82, 2.24) is 4.90 Å². The molecular weight excluding hydrogens is 432 g/mol. The second-order valence-electron chi connectivity index (χ2n) is 8.06. The number of anilines is 2. The van der Waals surface area contributed by atoms with Gasteiger partial charge in [0.25, 0.3) is 10.2 Å². The first kappa shape index (κ1) is 22.1. The van der Waals surface area contributed by atoms with E-state index in [0.29, 0.717) is 49.5 Å². The highest BCUT2D eigenvalue weighted by atomic mass is 32.2. The molecule has 2 amide bonds. The fourth-order valence-electron chi connectivity index (χ4n) is 4.48. The number of esters is 1. The summed E-state index contributed by atoms with van der Waals surface area (Å²) in [6, 6.07) is 13.7. The molecular formula is C22H26N4O5S. The fourth-order valence-corrected chi connectivity index (χ4v) is 5.34. The van der Waals surface area contributed by atoms with E-state index in [1.807, 2.05) is 12.1 Å². The van der Waals surface area contributed by atoms with Gasteiger partial charge in [0, 0.05) is 30.7 Å². The molecule has 9 nitrogen and oxygen atoms in total. The summed E-state index contributed by atoms with van der Waals surface area (Å²) in [5.74, 6) is -0.405. The van der Waals surface area contributed by atoms with Crippen LogP contribution in [0.15, 0.2) is 48.5 Å². The number of nitrogens with zero attached hydrogens (tertiary/aromatic N) is 2. The Morgan fingerprint density at radius 1 is 1.09 bits per heavy atom. The molecule has 32 heavy (non-hydrogen) atoms. The minimum Gasteiger partial charge on any atom is -0.462 e. The number of amides is 2. The molecule has 170 valence electrons. The maximum atomic E-state index is 12.8. The highest BCUT2D eigenvalue weighted by Gasteiger charge is 2.47. The van der Waals surface area contributed by atoms with Crippen LogP contribution in [0.1, 0.15) is 35.7 Å². The van der Waals surface area contributed by atoms with Crippen molar-refractivity contribution in [3.8, 4) is 0 Å². The molecule has 0 aromatic heterocycles. The zero-order chi connectivity index (χ0) is 22.9. The van der Waals surface area contributed by atoms with Gasteiger partial charge < -0.3 is 15.0 Å². The van der Waals surface area contributed by atoms with E-state index in [1.54, 1.807) is 48.2 Å². The Bertz CT molecular complexity index is 1130. The van der Waals surface area contributed by atoms with Crippen molar-refractivity contribution < 1.29 is 22.7 Å². The molecule has 2 aliphatic heterocycles. The number of benzene rings is 2. The molecule has 3 N–H and O–H groups in total. The topological polar surface area (TPSA) is 122 Å². The molecule has 10 heteroatoms. The number of ether oxygens (including phenoxy) is 1. The van der Waals surface area contributed by atoms with Crippen LogP contribution in [0.4, 0.5) is 16.2 Å². The van der Waals surface area contributed by atoms with E-state index in [1.165, 1.54) is 4.31 Å². The lowest BCUT2D eigenvalue weighted by atomic mass is 9.74. The average Bonchev–Trinajstić information content (AvgIpc) is 3.09. The monoisotopic (exact) mass is 458 g/mol. The van der Waals surface area contributed by atoms with Crippen LogP contribution in [0.5, 0.6) is 0 Å². The Labute approximate surface area is 187 Å². The Hall–Kier alpha value is -3.11. The Morgan fingerprint density at radius 3 is 2.38 bits per heavy atom. The van der Waals surface area contributed by atoms with E-state index in [4.69, 9.17) is 9.88 Å². The lowest BCUT2D eigenvalue weighted by Crippen LogP contribution is -2.49. The summed E-state index contributed by atoms with van der Waals surface area (Å²) in [7, 11) is -3.87. The number of nitrogens with one attached hydrogen (secondary N) is 1. The largest absolute Gasteiger partial charge is 0.462 e. The molecule has 0 atom stereocenters. The number of carbonyl (C=O) groups is 2. The van der Waals surface area contributed by atoms with Gasteiger partial charge in [0.15, 0.2) is 0 Å². The summed E-state index contributed by atoms with van der Waals surface area (Å²) >= 11 is 0. The second-order valence-corrected chi connectivity index (χ2v) is 9.53. The molecule has 1 fully saturated rings. The molecule has 2 aromatic carbocycles. The number of nitrogens with two attached hydrogens (primary N) is 1. The summed E-state index contributed by atoms with van der Waals surface area (Å²) in [6.45, 7) is 3.30. The summed E-state index contributed by atoms with van der Waals surface area (Å²) in [4.78, 5) is 26.2. The number of para-hydroxylation sites is 1. The highest BCUT2D eigenvalue weighted by Crippen LogP contribution is 2.47. The van der Waals surface area contributed by atoms with Gasteiger partial charge in [0.1, 0.15) is 0 Å². The molecule has 2 heterocycles. The van der Waals surface area contributed by atoms with Crippen molar-refractivity contribution in [3.63, 3.8) is 0 Å². The quantitative estimate of drug-likeness (QED) is 0.682. The predicted octanol–water partition coefficient (Wildman–Crippen LogP) is 2.45. The second kappa shape index (κ2) is 8.44. The van der Waals surface area contributed by atoms with E-state index in [2.05, 4.69) is 5.32 Å². The molecule has 2 aliphatic rings. The van der Waals surface area contributed by atoms with E-state index in [0.717, 1.165) is 5.56 Å². The van der Waals surface area contributed by atoms with Gasteiger partial charge in [0.2, 0.25) is 0 Å². The van der Waals surface area contributed by atoms with Crippen LogP contribution in [0, 0.1) is 0 Å². The molecule has 2 aromatic rings. The van der Waals surface area contributed by atoms with Crippen molar-refractivity contribution in [2.45, 2.75) is 25.2 Å². The minimum atomic E-state index is -3.87. The van der Waals surface area contributed by atoms with Gasteiger partial charge in [-0.25, -0.2) is 14.7 Å². The Kier molecular flexibility index (Phi) is 5.83. The molecule has 0 aliphatic carbocycles. The molecule has 0 unspecified atom stereocenters. The van der Waals surface area contributed by atoms with Crippen LogP contribution in [-0.4, -0.2) is 51.6 Å². The normalized spacial score (nSPS) is 17.2. The molecule has 1 spiro atoms. The number of hydrogen-bond acceptors (Lipinski definition) is 5. The van der Waals surface area contributed by atoms with E-state index >= 15 is 0 Å². The standard InChI is InChI=1S/C22H26N4O5S/c1-2-31-20(27)16-7-9-17(10-8-16)24-21(28)25-13-11-22(12-14-25)15-26(32(23,29)30)19-6-4-3-5-18(19)22/h3-10H,2,11-15H2,1H3,(H,24,28)(H2,23,29,30). The van der Waals surface area contributed by atoms with Crippen LogP contribution < -0.4 is 14.8 Å². The van der Waals surface area contributed by atoms with Gasteiger partial charge >= 0.3 is 12.0 Å². The summed E-state index contributed by atoms with van der Waals surface area (Å²) in [5.41, 5.74) is 2.22. The molecule has 0 bridgehead atoms. The van der Waals surface area contributed by atoms with E-state index < -0.39 is 16.2 Å². The first-order valence-corrected chi connectivity index (χ1v) is 12.0. The van der Waals surface area contributed by atoms with Gasteiger partial charge in [-0.2, -0.15) is 8.42 Å². The maximum absolute atomic E-state index is 12.8. The van der Waals surface area contributed by atoms with E-state index in [9.17, 15) is 18.0 Å². The fraction of sp³-hybridized carbons (Fsp3) is 0.364. The third-order valence-electron chi connectivity index (χ3n) is 6.15. The third-order valence-corrected chi connectivity index (χ3v) is 7.09. The zero-order valence-electron chi connectivity index (χ0n) is 17.8. The van der Waals surface area contributed by atoms with Crippen LogP contribution >= 0.6 is 0 Å². The first-order chi connectivity index (χ1) is 15.2. The number of likely N-dealkylation sites (tertiary alicyclic amines) is 1. The van der Waals surface area contributed by atoms with Crippen molar-refractivity contribution in [2.75, 3.05) is 35.9 Å². The highest BCUT2D eigenvalue weighted by molar-refractivity contribution is 7.90. The Balaban J connectivity index is 1.42.